The lowest BCUT2D eigenvalue weighted by atomic mass is 9.87. The number of amides is 2. The topological polar surface area (TPSA) is 65.5 Å². The lowest BCUT2D eigenvalue weighted by molar-refractivity contribution is 0.155. The summed E-state index contributed by atoms with van der Waals surface area (Å²) >= 11 is 1.61. The zero-order valence-corrected chi connectivity index (χ0v) is 17.3. The van der Waals surface area contributed by atoms with Crippen molar-refractivity contribution in [2.45, 2.75) is 32.2 Å². The van der Waals surface area contributed by atoms with E-state index in [1.54, 1.807) is 16.2 Å². The molecule has 2 aromatic carbocycles. The van der Waals surface area contributed by atoms with E-state index >= 15 is 0 Å². The van der Waals surface area contributed by atoms with Gasteiger partial charge in [0.15, 0.2) is 0 Å². The second-order valence-electron chi connectivity index (χ2n) is 7.33. The van der Waals surface area contributed by atoms with Gasteiger partial charge in [0.25, 0.3) is 0 Å². The Morgan fingerprint density at radius 3 is 2.76 bits per heavy atom. The minimum Gasteiger partial charge on any atom is -0.395 e. The van der Waals surface area contributed by atoms with E-state index in [0.29, 0.717) is 6.54 Å². The molecule has 29 heavy (non-hydrogen) atoms. The third-order valence-corrected chi connectivity index (χ3v) is 6.33. The summed E-state index contributed by atoms with van der Waals surface area (Å²) in [7, 11) is 0. The first-order valence-corrected chi connectivity index (χ1v) is 10.8. The standard InChI is InChI=1S/C23H25N3O2S/c1-16-15-29-22(24-16)18-9-11-19(12-10-18)25-23(28)26(13-14-27)21-8-4-6-17-5-2-3-7-20(17)21/h2-3,5,7,9-12,15,21,27H,4,6,8,13-14H2,1H3,(H,25,28)/t21-/m1/s1. The molecule has 2 N–H and O–H groups in total. The number of urea groups is 1. The van der Waals surface area contributed by atoms with Crippen molar-refractivity contribution in [2.24, 2.45) is 0 Å². The number of thiazole rings is 1. The van der Waals surface area contributed by atoms with Gasteiger partial charge in [0.05, 0.1) is 12.6 Å². The minimum atomic E-state index is -0.182. The largest absolute Gasteiger partial charge is 0.395 e. The molecule has 4 rings (SSSR count). The maximum atomic E-state index is 13.1. The van der Waals surface area contributed by atoms with Crippen LogP contribution < -0.4 is 5.32 Å². The van der Waals surface area contributed by atoms with E-state index in [1.807, 2.05) is 48.7 Å². The first kappa shape index (κ1) is 19.6. The van der Waals surface area contributed by atoms with Crippen LogP contribution in [0.2, 0.25) is 0 Å². The van der Waals surface area contributed by atoms with Crippen molar-refractivity contribution in [3.8, 4) is 10.6 Å². The van der Waals surface area contributed by atoms with Crippen molar-refractivity contribution in [3.05, 3.63) is 70.7 Å². The lowest BCUT2D eigenvalue weighted by Gasteiger charge is -2.35. The van der Waals surface area contributed by atoms with E-state index in [-0.39, 0.29) is 18.7 Å². The second-order valence-corrected chi connectivity index (χ2v) is 8.18. The SMILES string of the molecule is Cc1csc(-c2ccc(NC(=O)N(CCO)[C@@H]3CCCc4ccccc43)cc2)n1. The van der Waals surface area contributed by atoms with Gasteiger partial charge < -0.3 is 15.3 Å². The first-order chi connectivity index (χ1) is 14.2. The molecule has 1 aliphatic rings. The Bertz CT molecular complexity index is 984. The Labute approximate surface area is 175 Å². The Hall–Kier alpha value is -2.70. The van der Waals surface area contributed by atoms with Crippen LogP contribution in [-0.4, -0.2) is 34.2 Å². The number of benzene rings is 2. The van der Waals surface area contributed by atoms with E-state index in [9.17, 15) is 9.90 Å². The van der Waals surface area contributed by atoms with E-state index in [0.717, 1.165) is 41.2 Å². The molecule has 0 saturated carbocycles. The maximum Gasteiger partial charge on any atom is 0.322 e. The normalized spacial score (nSPS) is 15.6. The molecular weight excluding hydrogens is 382 g/mol. The third kappa shape index (κ3) is 4.33. The second kappa shape index (κ2) is 8.76. The van der Waals surface area contributed by atoms with Crippen molar-refractivity contribution >= 4 is 23.1 Å². The molecule has 0 spiro atoms. The van der Waals surface area contributed by atoms with Gasteiger partial charge in [0.2, 0.25) is 0 Å². The summed E-state index contributed by atoms with van der Waals surface area (Å²) < 4.78 is 0. The Morgan fingerprint density at radius 2 is 2.03 bits per heavy atom. The molecule has 0 unspecified atom stereocenters. The van der Waals surface area contributed by atoms with Crippen LogP contribution in [0.1, 0.15) is 35.7 Å². The predicted octanol–water partition coefficient (Wildman–Crippen LogP) is 5.02. The van der Waals surface area contributed by atoms with Gasteiger partial charge in [-0.2, -0.15) is 0 Å². The first-order valence-electron chi connectivity index (χ1n) is 9.94. The maximum absolute atomic E-state index is 13.1. The summed E-state index contributed by atoms with van der Waals surface area (Å²) in [5.41, 5.74) is 5.27. The summed E-state index contributed by atoms with van der Waals surface area (Å²) in [5, 5.41) is 15.6. The molecule has 5 nitrogen and oxygen atoms in total. The molecular formula is C23H25N3O2S. The van der Waals surface area contributed by atoms with Gasteiger partial charge in [-0.25, -0.2) is 9.78 Å². The summed E-state index contributed by atoms with van der Waals surface area (Å²) in [6, 6.07) is 15.8. The van der Waals surface area contributed by atoms with Crippen LogP contribution in [0.3, 0.4) is 0 Å². The fraction of sp³-hybridized carbons (Fsp3) is 0.304. The highest BCUT2D eigenvalue weighted by molar-refractivity contribution is 7.13. The number of fused-ring (bicyclic) bond motifs is 1. The monoisotopic (exact) mass is 407 g/mol. The van der Waals surface area contributed by atoms with Crippen LogP contribution in [0.15, 0.2) is 53.9 Å². The molecule has 1 heterocycles. The number of rotatable bonds is 5. The van der Waals surface area contributed by atoms with Crippen molar-refractivity contribution in [3.63, 3.8) is 0 Å². The number of aliphatic hydroxyl groups excluding tert-OH is 1. The summed E-state index contributed by atoms with van der Waals surface area (Å²) in [5.74, 6) is 0. The number of carbonyl (C=O) groups excluding carboxylic acids is 1. The van der Waals surface area contributed by atoms with Crippen LogP contribution in [0, 0.1) is 6.92 Å². The Kier molecular flexibility index (Phi) is 5.92. The number of aliphatic hydroxyl groups is 1. The molecule has 3 aromatic rings. The summed E-state index contributed by atoms with van der Waals surface area (Å²) in [4.78, 5) is 19.3. The molecule has 1 aromatic heterocycles. The average Bonchev–Trinajstić information content (AvgIpc) is 3.18. The molecule has 1 atom stereocenters. The minimum absolute atomic E-state index is 0.00957. The van der Waals surface area contributed by atoms with Crippen molar-refractivity contribution in [1.82, 2.24) is 9.88 Å². The zero-order valence-electron chi connectivity index (χ0n) is 16.5. The molecule has 2 amide bonds. The zero-order chi connectivity index (χ0) is 20.2. The van der Waals surface area contributed by atoms with E-state index < -0.39 is 0 Å². The number of hydrogen-bond donors (Lipinski definition) is 2. The van der Waals surface area contributed by atoms with Gasteiger partial charge >= 0.3 is 6.03 Å². The molecule has 0 aliphatic heterocycles. The fourth-order valence-corrected chi connectivity index (χ4v) is 4.74. The molecule has 0 radical (unpaired) electrons. The van der Waals surface area contributed by atoms with E-state index in [1.165, 1.54) is 11.1 Å². The predicted molar refractivity (Wildman–Crippen MR) is 117 cm³/mol. The van der Waals surface area contributed by atoms with Crippen molar-refractivity contribution in [2.75, 3.05) is 18.5 Å². The molecule has 0 bridgehead atoms. The Balaban J connectivity index is 1.51. The van der Waals surface area contributed by atoms with Crippen LogP contribution in [0.5, 0.6) is 0 Å². The van der Waals surface area contributed by atoms with Crippen LogP contribution >= 0.6 is 11.3 Å². The highest BCUT2D eigenvalue weighted by Crippen LogP contribution is 2.34. The number of aromatic nitrogens is 1. The molecule has 6 heteroatoms. The summed E-state index contributed by atoms with van der Waals surface area (Å²) in [6.07, 6.45) is 2.99. The third-order valence-electron chi connectivity index (χ3n) is 5.32. The lowest BCUT2D eigenvalue weighted by Crippen LogP contribution is -2.41. The fourth-order valence-electron chi connectivity index (χ4n) is 3.94. The van der Waals surface area contributed by atoms with Crippen LogP contribution in [0.4, 0.5) is 10.5 Å². The number of hydrogen-bond acceptors (Lipinski definition) is 4. The number of carbonyl (C=O) groups is 1. The van der Waals surface area contributed by atoms with Gasteiger partial charge in [0.1, 0.15) is 5.01 Å². The van der Waals surface area contributed by atoms with E-state index in [4.69, 9.17) is 0 Å². The van der Waals surface area contributed by atoms with Gasteiger partial charge in [-0.3, -0.25) is 0 Å². The number of aryl methyl sites for hydroxylation is 2. The quantitative estimate of drug-likeness (QED) is 0.624. The molecule has 0 fully saturated rings. The number of anilines is 1. The smallest absolute Gasteiger partial charge is 0.322 e. The van der Waals surface area contributed by atoms with Gasteiger partial charge in [0, 0.05) is 28.9 Å². The van der Waals surface area contributed by atoms with Crippen LogP contribution in [-0.2, 0) is 6.42 Å². The Morgan fingerprint density at radius 1 is 1.24 bits per heavy atom. The van der Waals surface area contributed by atoms with Crippen molar-refractivity contribution < 1.29 is 9.90 Å². The summed E-state index contributed by atoms with van der Waals surface area (Å²) in [6.45, 7) is 2.23. The average molecular weight is 408 g/mol. The van der Waals surface area contributed by atoms with Gasteiger partial charge in [-0.05, 0) is 61.6 Å². The van der Waals surface area contributed by atoms with Crippen LogP contribution in [0.25, 0.3) is 10.6 Å². The molecule has 0 saturated heterocycles. The number of nitrogens with zero attached hydrogens (tertiary/aromatic N) is 2. The van der Waals surface area contributed by atoms with Gasteiger partial charge in [-0.15, -0.1) is 11.3 Å². The molecule has 1 aliphatic carbocycles. The van der Waals surface area contributed by atoms with Gasteiger partial charge in [-0.1, -0.05) is 24.3 Å². The molecule has 150 valence electrons. The highest BCUT2D eigenvalue weighted by Gasteiger charge is 2.28. The highest BCUT2D eigenvalue weighted by atomic mass is 32.1. The van der Waals surface area contributed by atoms with E-state index in [2.05, 4.69) is 22.4 Å². The number of nitrogens with one attached hydrogen (secondary N) is 1. The van der Waals surface area contributed by atoms with Crippen molar-refractivity contribution in [1.29, 1.82) is 0 Å².